The van der Waals surface area contributed by atoms with Gasteiger partial charge in [-0.1, -0.05) is 127 Å². The van der Waals surface area contributed by atoms with Crippen molar-refractivity contribution in [3.05, 3.63) is 174 Å². The van der Waals surface area contributed by atoms with Gasteiger partial charge >= 0.3 is 0 Å². The number of aromatic nitrogens is 1. The Morgan fingerprint density at radius 2 is 1.11 bits per heavy atom. The molecule has 4 nitrogen and oxygen atoms in total. The van der Waals surface area contributed by atoms with Crippen LogP contribution in [0.5, 0.6) is 0 Å². The molecule has 0 radical (unpaired) electrons. The maximum absolute atomic E-state index is 3.96. The molecule has 2 atom stereocenters. The summed E-state index contributed by atoms with van der Waals surface area (Å²) in [5.74, 6) is 0. The van der Waals surface area contributed by atoms with Crippen molar-refractivity contribution in [1.82, 2.24) is 15.0 Å². The second-order valence-corrected chi connectivity index (χ2v) is 11.9. The molecule has 6 aromatic carbocycles. The second-order valence-electron chi connectivity index (χ2n) is 11.9. The molecule has 1 aromatic heterocycles. The van der Waals surface area contributed by atoms with Crippen molar-refractivity contribution < 1.29 is 0 Å². The summed E-state index contributed by atoms with van der Waals surface area (Å²) in [5, 5.41) is 3.53. The zero-order valence-electron chi connectivity index (χ0n) is 25.0. The summed E-state index contributed by atoms with van der Waals surface area (Å²) < 4.78 is 2.45. The number of nitrogens with one attached hydrogen (secondary N) is 1. The number of para-hydroxylation sites is 4. The average molecular weight is 581 g/mol. The lowest BCUT2D eigenvalue weighted by atomic mass is 9.90. The van der Waals surface area contributed by atoms with E-state index in [9.17, 15) is 0 Å². The van der Waals surface area contributed by atoms with E-state index in [4.69, 9.17) is 0 Å². The molecule has 0 aliphatic carbocycles. The summed E-state index contributed by atoms with van der Waals surface area (Å²) >= 11 is 0. The van der Waals surface area contributed by atoms with Crippen molar-refractivity contribution in [1.29, 1.82) is 0 Å². The van der Waals surface area contributed by atoms with Crippen LogP contribution in [-0.4, -0.2) is 16.6 Å². The summed E-state index contributed by atoms with van der Waals surface area (Å²) in [5.41, 5.74) is 17.4. The van der Waals surface area contributed by atoms with Crippen LogP contribution in [0.1, 0.15) is 28.9 Å². The number of rotatable bonds is 3. The molecule has 0 saturated heterocycles. The first-order chi connectivity index (χ1) is 22.3. The summed E-state index contributed by atoms with van der Waals surface area (Å²) in [7, 11) is 2.17. The highest BCUT2D eigenvalue weighted by Crippen LogP contribution is 2.55. The van der Waals surface area contributed by atoms with Gasteiger partial charge in [-0.2, -0.15) is 0 Å². The predicted molar refractivity (Wildman–Crippen MR) is 185 cm³/mol. The molecule has 0 bridgehead atoms. The first-order valence-corrected chi connectivity index (χ1v) is 15.6. The zero-order chi connectivity index (χ0) is 29.9. The minimum Gasteiger partial charge on any atom is -0.319 e. The minimum atomic E-state index is -0.131. The van der Waals surface area contributed by atoms with Gasteiger partial charge in [0.1, 0.15) is 6.17 Å². The average Bonchev–Trinajstić information content (AvgIpc) is 3.38. The molecule has 0 amide bonds. The third-order valence-electron chi connectivity index (χ3n) is 9.41. The van der Waals surface area contributed by atoms with E-state index in [1.807, 2.05) is 0 Å². The summed E-state index contributed by atoms with van der Waals surface area (Å²) in [6.07, 6.45) is -0.131. The van der Waals surface area contributed by atoms with Crippen molar-refractivity contribution in [3.8, 4) is 28.1 Å². The van der Waals surface area contributed by atoms with Crippen molar-refractivity contribution in [2.24, 2.45) is 0 Å². The molecule has 7 aromatic rings. The van der Waals surface area contributed by atoms with Crippen molar-refractivity contribution in [3.63, 3.8) is 0 Å². The molecule has 2 aliphatic heterocycles. The number of hydrogen-bond donors (Lipinski definition) is 1. The van der Waals surface area contributed by atoms with E-state index in [0.717, 1.165) is 5.69 Å². The van der Waals surface area contributed by atoms with Gasteiger partial charge in [0.05, 0.1) is 28.6 Å². The number of fused-ring (bicyclic) bond motifs is 8. The van der Waals surface area contributed by atoms with Gasteiger partial charge in [-0.3, -0.25) is 0 Å². The monoisotopic (exact) mass is 580 g/mol. The van der Waals surface area contributed by atoms with E-state index < -0.39 is 0 Å². The van der Waals surface area contributed by atoms with Crippen LogP contribution >= 0.6 is 0 Å². The van der Waals surface area contributed by atoms with Gasteiger partial charge in [0.25, 0.3) is 0 Å². The molecule has 9 rings (SSSR count). The number of hydrazine groups is 1. The van der Waals surface area contributed by atoms with Crippen LogP contribution < -0.4 is 10.3 Å². The second kappa shape index (κ2) is 10.3. The third kappa shape index (κ3) is 3.93. The molecule has 216 valence electrons. The Morgan fingerprint density at radius 3 is 1.89 bits per heavy atom. The number of anilines is 2. The van der Waals surface area contributed by atoms with Gasteiger partial charge in [0, 0.05) is 34.8 Å². The van der Waals surface area contributed by atoms with Crippen molar-refractivity contribution in [2.75, 3.05) is 11.9 Å². The van der Waals surface area contributed by atoms with Crippen LogP contribution in [0, 0.1) is 0 Å². The fraction of sp³-hybridized carbons (Fsp3) is 0.0732. The predicted octanol–water partition coefficient (Wildman–Crippen LogP) is 9.65. The number of nitrogens with zero attached hydrogens (tertiary/aromatic N) is 3. The Morgan fingerprint density at radius 1 is 0.533 bits per heavy atom. The smallest absolute Gasteiger partial charge is 0.123 e. The Bertz CT molecular complexity index is 2180. The van der Waals surface area contributed by atoms with Crippen LogP contribution in [0.25, 0.3) is 39.0 Å². The fourth-order valence-corrected chi connectivity index (χ4v) is 7.59. The van der Waals surface area contributed by atoms with Gasteiger partial charge < -0.3 is 9.47 Å². The molecule has 4 heteroatoms. The lowest BCUT2D eigenvalue weighted by molar-refractivity contribution is 0.139. The topological polar surface area (TPSA) is 23.4 Å². The highest BCUT2D eigenvalue weighted by molar-refractivity contribution is 6.11. The van der Waals surface area contributed by atoms with Crippen LogP contribution in [0.15, 0.2) is 158 Å². The quantitative estimate of drug-likeness (QED) is 0.225. The van der Waals surface area contributed by atoms with Gasteiger partial charge in [-0.05, 0) is 47.0 Å². The van der Waals surface area contributed by atoms with Crippen LogP contribution in [0.2, 0.25) is 0 Å². The van der Waals surface area contributed by atoms with E-state index in [1.165, 1.54) is 61.4 Å². The van der Waals surface area contributed by atoms with Crippen LogP contribution in [0.4, 0.5) is 11.4 Å². The largest absolute Gasteiger partial charge is 0.319 e. The molecule has 2 aliphatic rings. The molecule has 0 saturated carbocycles. The summed E-state index contributed by atoms with van der Waals surface area (Å²) in [6.45, 7) is 0. The lowest BCUT2D eigenvalue weighted by Crippen LogP contribution is -2.50. The number of benzene rings is 6. The SMILES string of the molecule is CN1N[C@@H](N2c3ccccc3-c3c(n(-c4ccccc4)c4ccccc34)-c3ccccc32)c2ccccc2C1c1ccccc1. The standard InChI is InChI=1S/C41H32N4/c1-43-39(28-16-4-2-5-17-28)30-20-8-9-21-31(30)41(42-43)45-36-26-14-11-23-33(36)38-32-22-10-13-25-35(32)44(29-18-6-3-7-19-29)40(38)34-24-12-15-27-37(34)45/h2-27,39,41-42H,1H3/t39?,41-/m0/s1. The molecule has 0 fully saturated rings. The first kappa shape index (κ1) is 26.0. The molecule has 0 spiro atoms. The molecule has 1 N–H and O–H groups in total. The summed E-state index contributed by atoms with van der Waals surface area (Å²) in [6, 6.07) is 57.2. The van der Waals surface area contributed by atoms with Crippen LogP contribution in [0.3, 0.4) is 0 Å². The molecular weight excluding hydrogens is 548 g/mol. The van der Waals surface area contributed by atoms with E-state index in [-0.39, 0.29) is 12.2 Å². The van der Waals surface area contributed by atoms with Gasteiger partial charge in [-0.15, -0.1) is 0 Å². The number of hydrogen-bond acceptors (Lipinski definition) is 3. The lowest BCUT2D eigenvalue weighted by Gasteiger charge is -2.45. The summed E-state index contributed by atoms with van der Waals surface area (Å²) in [4.78, 5) is 2.52. The maximum atomic E-state index is 3.96. The Balaban J connectivity index is 1.34. The molecular formula is C41H32N4. The van der Waals surface area contributed by atoms with Gasteiger partial charge in [0.15, 0.2) is 0 Å². The zero-order valence-corrected chi connectivity index (χ0v) is 25.0. The highest BCUT2D eigenvalue weighted by atomic mass is 15.6. The van der Waals surface area contributed by atoms with Gasteiger partial charge in [0.2, 0.25) is 0 Å². The van der Waals surface area contributed by atoms with E-state index in [1.54, 1.807) is 0 Å². The van der Waals surface area contributed by atoms with E-state index >= 15 is 0 Å². The Hall–Kier alpha value is -5.42. The van der Waals surface area contributed by atoms with Crippen molar-refractivity contribution in [2.45, 2.75) is 12.2 Å². The fourth-order valence-electron chi connectivity index (χ4n) is 7.59. The Kier molecular flexibility index (Phi) is 5.98. The maximum Gasteiger partial charge on any atom is 0.123 e. The van der Waals surface area contributed by atoms with Crippen molar-refractivity contribution >= 4 is 22.3 Å². The Labute approximate surface area is 263 Å². The van der Waals surface area contributed by atoms with Crippen LogP contribution in [-0.2, 0) is 0 Å². The van der Waals surface area contributed by atoms with E-state index in [2.05, 4.69) is 185 Å². The molecule has 3 heterocycles. The minimum absolute atomic E-state index is 0.0969. The highest BCUT2D eigenvalue weighted by Gasteiger charge is 2.39. The molecule has 45 heavy (non-hydrogen) atoms. The molecule has 1 unspecified atom stereocenters. The normalized spacial score (nSPS) is 17.2. The van der Waals surface area contributed by atoms with Gasteiger partial charge in [-0.25, -0.2) is 10.4 Å². The first-order valence-electron chi connectivity index (χ1n) is 15.6. The van der Waals surface area contributed by atoms with E-state index in [0.29, 0.717) is 0 Å². The third-order valence-corrected chi connectivity index (χ3v) is 9.41.